The summed E-state index contributed by atoms with van der Waals surface area (Å²) in [6.45, 7) is 2.15. The molecule has 2 aromatic carbocycles. The monoisotopic (exact) mass is 330 g/mol. The quantitative estimate of drug-likeness (QED) is 0.586. The summed E-state index contributed by atoms with van der Waals surface area (Å²) in [6, 6.07) is 6.96. The summed E-state index contributed by atoms with van der Waals surface area (Å²) in [6.07, 6.45) is 5.49. The largest absolute Gasteiger partial charge is 0.491 e. The van der Waals surface area contributed by atoms with E-state index in [9.17, 15) is 8.78 Å². The van der Waals surface area contributed by atoms with Gasteiger partial charge in [-0.05, 0) is 43.0 Å². The molecule has 0 saturated heterocycles. The van der Waals surface area contributed by atoms with Crippen LogP contribution in [0.2, 0.25) is 0 Å². The topological polar surface area (TPSA) is 22.4 Å². The van der Waals surface area contributed by atoms with Crippen molar-refractivity contribution in [1.82, 2.24) is 0 Å². The van der Waals surface area contributed by atoms with Gasteiger partial charge in [0, 0.05) is 10.8 Å². The Morgan fingerprint density at radius 2 is 1.67 bits per heavy atom. The molecule has 0 aliphatic heterocycles. The molecule has 0 spiro atoms. The summed E-state index contributed by atoms with van der Waals surface area (Å²) >= 11 is 0. The fourth-order valence-electron chi connectivity index (χ4n) is 3.81. The second kappa shape index (κ2) is 6.08. The number of benzene rings is 2. The van der Waals surface area contributed by atoms with E-state index in [4.69, 9.17) is 9.15 Å². The SMILES string of the molecule is CCOc1ccc2c(oc3c(F)c(CC4CCCC4)ccc32)c1F. The standard InChI is InChI=1S/C20H20F2O2/c1-2-23-16-10-9-15-14-8-7-13(11-12-5-3-4-6-12)17(21)19(14)24-20(15)18(16)22/h7-10,12H,2-6,11H2,1H3. The minimum atomic E-state index is -0.567. The van der Waals surface area contributed by atoms with E-state index in [-0.39, 0.29) is 22.7 Å². The van der Waals surface area contributed by atoms with Gasteiger partial charge in [-0.15, -0.1) is 0 Å². The molecule has 2 nitrogen and oxygen atoms in total. The summed E-state index contributed by atoms with van der Waals surface area (Å²) in [5.74, 6) is -0.242. The fourth-order valence-corrected chi connectivity index (χ4v) is 3.81. The second-order valence-electron chi connectivity index (χ2n) is 6.56. The number of hydrogen-bond acceptors (Lipinski definition) is 2. The smallest absolute Gasteiger partial charge is 0.208 e. The van der Waals surface area contributed by atoms with Crippen molar-refractivity contribution in [2.24, 2.45) is 5.92 Å². The van der Waals surface area contributed by atoms with Crippen molar-refractivity contribution >= 4 is 21.9 Å². The lowest BCUT2D eigenvalue weighted by Gasteiger charge is -2.09. The molecule has 126 valence electrons. The third-order valence-electron chi connectivity index (χ3n) is 5.02. The number of rotatable bonds is 4. The van der Waals surface area contributed by atoms with Gasteiger partial charge in [0.05, 0.1) is 6.61 Å². The summed E-state index contributed by atoms with van der Waals surface area (Å²) < 4.78 is 40.2. The van der Waals surface area contributed by atoms with Crippen molar-refractivity contribution in [2.75, 3.05) is 6.61 Å². The van der Waals surface area contributed by atoms with Gasteiger partial charge in [0.1, 0.15) is 0 Å². The number of fused-ring (bicyclic) bond motifs is 3. The van der Waals surface area contributed by atoms with Crippen LogP contribution in [0.1, 0.15) is 38.2 Å². The lowest BCUT2D eigenvalue weighted by Crippen LogP contribution is -2.01. The van der Waals surface area contributed by atoms with E-state index >= 15 is 0 Å². The summed E-state index contributed by atoms with van der Waals surface area (Å²) in [5.41, 5.74) is 0.875. The molecule has 24 heavy (non-hydrogen) atoms. The van der Waals surface area contributed by atoms with Crippen LogP contribution in [0.3, 0.4) is 0 Å². The zero-order valence-electron chi connectivity index (χ0n) is 13.7. The molecule has 0 amide bonds. The van der Waals surface area contributed by atoms with Gasteiger partial charge in [-0.3, -0.25) is 0 Å². The maximum atomic E-state index is 14.9. The Kier molecular flexibility index (Phi) is 3.91. The van der Waals surface area contributed by atoms with Crippen molar-refractivity contribution in [3.8, 4) is 5.75 Å². The molecule has 4 heteroatoms. The normalized spacial score (nSPS) is 15.6. The van der Waals surface area contributed by atoms with Crippen molar-refractivity contribution in [3.05, 3.63) is 41.5 Å². The molecule has 1 aliphatic carbocycles. The van der Waals surface area contributed by atoms with Crippen LogP contribution in [-0.4, -0.2) is 6.61 Å². The van der Waals surface area contributed by atoms with Gasteiger partial charge in [0.15, 0.2) is 22.7 Å². The first-order valence-electron chi connectivity index (χ1n) is 8.64. The summed E-state index contributed by atoms with van der Waals surface area (Å²) in [4.78, 5) is 0. The van der Waals surface area contributed by atoms with E-state index in [1.807, 2.05) is 12.1 Å². The summed E-state index contributed by atoms with van der Waals surface area (Å²) in [5, 5.41) is 1.19. The van der Waals surface area contributed by atoms with E-state index in [0.717, 1.165) is 19.3 Å². The van der Waals surface area contributed by atoms with Gasteiger partial charge in [-0.1, -0.05) is 31.7 Å². The van der Waals surface area contributed by atoms with Crippen molar-refractivity contribution in [3.63, 3.8) is 0 Å². The van der Waals surface area contributed by atoms with E-state index in [2.05, 4.69) is 0 Å². The molecule has 4 rings (SSSR count). The Morgan fingerprint density at radius 1 is 1.00 bits per heavy atom. The molecule has 0 radical (unpaired) electrons. The van der Waals surface area contributed by atoms with Gasteiger partial charge >= 0.3 is 0 Å². The molecule has 1 aliphatic rings. The lowest BCUT2D eigenvalue weighted by atomic mass is 9.97. The number of hydrogen-bond donors (Lipinski definition) is 0. The van der Waals surface area contributed by atoms with E-state index in [1.165, 1.54) is 12.8 Å². The fraction of sp³-hybridized carbons (Fsp3) is 0.400. The first-order valence-corrected chi connectivity index (χ1v) is 8.64. The van der Waals surface area contributed by atoms with Crippen LogP contribution in [0, 0.1) is 17.6 Å². The number of ether oxygens (including phenoxy) is 1. The predicted molar refractivity (Wildman–Crippen MR) is 90.5 cm³/mol. The average molecular weight is 330 g/mol. The van der Waals surface area contributed by atoms with Crippen LogP contribution in [-0.2, 0) is 6.42 Å². The Bertz CT molecular complexity index is 892. The van der Waals surface area contributed by atoms with Gasteiger partial charge < -0.3 is 9.15 Å². The molecule has 0 atom stereocenters. The molecule has 1 aromatic heterocycles. The zero-order chi connectivity index (χ0) is 16.7. The molecule has 1 heterocycles. The van der Waals surface area contributed by atoms with Gasteiger partial charge in [-0.25, -0.2) is 4.39 Å². The maximum Gasteiger partial charge on any atom is 0.208 e. The Balaban J connectivity index is 1.82. The first-order chi connectivity index (χ1) is 11.7. The predicted octanol–water partition coefficient (Wildman–Crippen LogP) is 6.00. The Hall–Kier alpha value is -2.10. The van der Waals surface area contributed by atoms with Crippen LogP contribution >= 0.6 is 0 Å². The Labute approximate surface area is 139 Å². The van der Waals surface area contributed by atoms with Crippen LogP contribution in [0.15, 0.2) is 28.7 Å². The average Bonchev–Trinajstić information content (AvgIpc) is 3.21. The highest BCUT2D eigenvalue weighted by molar-refractivity contribution is 6.05. The molecule has 1 fully saturated rings. The summed E-state index contributed by atoms with van der Waals surface area (Å²) in [7, 11) is 0. The molecule has 0 N–H and O–H groups in total. The molecule has 0 bridgehead atoms. The van der Waals surface area contributed by atoms with Gasteiger partial charge in [-0.2, -0.15) is 4.39 Å². The molecule has 3 aromatic rings. The van der Waals surface area contributed by atoms with Gasteiger partial charge in [0.25, 0.3) is 0 Å². The van der Waals surface area contributed by atoms with Crippen molar-refractivity contribution in [2.45, 2.75) is 39.0 Å². The van der Waals surface area contributed by atoms with E-state index in [0.29, 0.717) is 28.9 Å². The Morgan fingerprint density at radius 3 is 2.38 bits per heavy atom. The molecule has 1 saturated carbocycles. The first kappa shape index (κ1) is 15.4. The van der Waals surface area contributed by atoms with Gasteiger partial charge in [0.2, 0.25) is 5.82 Å². The third kappa shape index (κ3) is 2.45. The minimum Gasteiger partial charge on any atom is -0.491 e. The number of halogens is 2. The molecular formula is C20H20F2O2. The van der Waals surface area contributed by atoms with Crippen LogP contribution < -0.4 is 4.74 Å². The second-order valence-corrected chi connectivity index (χ2v) is 6.56. The van der Waals surface area contributed by atoms with E-state index in [1.54, 1.807) is 19.1 Å². The highest BCUT2D eigenvalue weighted by Gasteiger charge is 2.22. The maximum absolute atomic E-state index is 14.9. The van der Waals surface area contributed by atoms with Crippen molar-refractivity contribution < 1.29 is 17.9 Å². The number of furan rings is 1. The van der Waals surface area contributed by atoms with Crippen LogP contribution in [0.25, 0.3) is 21.9 Å². The third-order valence-corrected chi connectivity index (χ3v) is 5.02. The lowest BCUT2D eigenvalue weighted by molar-refractivity contribution is 0.321. The minimum absolute atomic E-state index is 0.0628. The molecular weight excluding hydrogens is 310 g/mol. The van der Waals surface area contributed by atoms with E-state index < -0.39 is 5.82 Å². The molecule has 0 unspecified atom stereocenters. The van der Waals surface area contributed by atoms with Crippen molar-refractivity contribution in [1.29, 1.82) is 0 Å². The highest BCUT2D eigenvalue weighted by atomic mass is 19.1. The van der Waals surface area contributed by atoms with Crippen LogP contribution in [0.5, 0.6) is 5.75 Å². The zero-order valence-corrected chi connectivity index (χ0v) is 13.7. The highest BCUT2D eigenvalue weighted by Crippen LogP contribution is 2.37. The van der Waals surface area contributed by atoms with Crippen LogP contribution in [0.4, 0.5) is 8.78 Å².